The summed E-state index contributed by atoms with van der Waals surface area (Å²) in [7, 11) is 0. The molecule has 7 nitrogen and oxygen atoms in total. The van der Waals surface area contributed by atoms with Gasteiger partial charge in [-0.25, -0.2) is 0 Å². The van der Waals surface area contributed by atoms with Crippen LogP contribution in [0, 0.1) is 0 Å². The molecule has 27 heavy (non-hydrogen) atoms. The highest BCUT2D eigenvalue weighted by Gasteiger charge is 2.15. The molecule has 3 rings (SSSR count). The second kappa shape index (κ2) is 8.44. The predicted octanol–water partition coefficient (Wildman–Crippen LogP) is 3.26. The quantitative estimate of drug-likeness (QED) is 0.681. The Labute approximate surface area is 159 Å². The van der Waals surface area contributed by atoms with E-state index in [2.05, 4.69) is 44.7 Å². The fraction of sp³-hybridized carbons (Fsp3) is 0.300. The van der Waals surface area contributed by atoms with E-state index < -0.39 is 0 Å². The first-order chi connectivity index (χ1) is 13.1. The molecule has 2 aromatic heterocycles. The van der Waals surface area contributed by atoms with Crippen molar-refractivity contribution < 1.29 is 0 Å². The van der Waals surface area contributed by atoms with Gasteiger partial charge in [-0.2, -0.15) is 5.10 Å². The van der Waals surface area contributed by atoms with Gasteiger partial charge in [-0.05, 0) is 42.7 Å². The number of anilines is 2. The molecule has 0 saturated carbocycles. The van der Waals surface area contributed by atoms with Crippen LogP contribution in [-0.2, 0) is 0 Å². The molecule has 0 aromatic carbocycles. The van der Waals surface area contributed by atoms with Gasteiger partial charge in [0.15, 0.2) is 5.82 Å². The lowest BCUT2D eigenvalue weighted by Crippen LogP contribution is -2.29. The summed E-state index contributed by atoms with van der Waals surface area (Å²) in [4.78, 5) is 8.77. The maximum absolute atomic E-state index is 5.75. The van der Waals surface area contributed by atoms with E-state index in [-0.39, 0.29) is 6.17 Å². The molecule has 4 N–H and O–H groups in total. The predicted molar refractivity (Wildman–Crippen MR) is 112 cm³/mol. The number of pyridine rings is 1. The van der Waals surface area contributed by atoms with E-state index in [0.717, 1.165) is 33.9 Å². The van der Waals surface area contributed by atoms with Crippen molar-refractivity contribution in [3.05, 3.63) is 53.6 Å². The number of hydrogen-bond acceptors (Lipinski definition) is 7. The minimum Gasteiger partial charge on any atom is -0.404 e. The van der Waals surface area contributed by atoms with Crippen LogP contribution in [0.5, 0.6) is 0 Å². The number of nitrogens with two attached hydrogens (primary N) is 1. The molecular formula is C20H25N7. The summed E-state index contributed by atoms with van der Waals surface area (Å²) in [5.74, 6) is 1.13. The molecule has 3 heterocycles. The van der Waals surface area contributed by atoms with Crippen molar-refractivity contribution in [2.75, 3.05) is 17.2 Å². The third-order valence-electron chi connectivity index (χ3n) is 4.25. The number of nitrogens with one attached hydrogen (secondary N) is 2. The Morgan fingerprint density at radius 2 is 2.22 bits per heavy atom. The molecule has 0 amide bonds. The van der Waals surface area contributed by atoms with Gasteiger partial charge in [-0.3, -0.25) is 9.98 Å². The van der Waals surface area contributed by atoms with Crippen molar-refractivity contribution in [3.63, 3.8) is 0 Å². The van der Waals surface area contributed by atoms with Gasteiger partial charge in [0.05, 0.1) is 17.6 Å². The second-order valence-electron chi connectivity index (χ2n) is 6.56. The molecule has 0 aliphatic carbocycles. The van der Waals surface area contributed by atoms with Gasteiger partial charge < -0.3 is 16.4 Å². The van der Waals surface area contributed by atoms with Crippen LogP contribution >= 0.6 is 0 Å². The van der Waals surface area contributed by atoms with Crippen LogP contribution in [0.2, 0.25) is 0 Å². The Morgan fingerprint density at radius 1 is 1.37 bits per heavy atom. The van der Waals surface area contributed by atoms with E-state index >= 15 is 0 Å². The molecule has 1 atom stereocenters. The number of allylic oxidation sites excluding steroid dienone is 1. The van der Waals surface area contributed by atoms with Crippen molar-refractivity contribution in [2.45, 2.75) is 32.9 Å². The molecule has 0 radical (unpaired) electrons. The second-order valence-corrected chi connectivity index (χ2v) is 6.56. The molecule has 0 spiro atoms. The van der Waals surface area contributed by atoms with E-state index in [1.54, 1.807) is 24.8 Å². The van der Waals surface area contributed by atoms with Gasteiger partial charge in [0.1, 0.15) is 6.17 Å². The monoisotopic (exact) mass is 363 g/mol. The van der Waals surface area contributed by atoms with Crippen LogP contribution in [0.15, 0.2) is 41.8 Å². The van der Waals surface area contributed by atoms with Crippen LogP contribution < -0.4 is 16.4 Å². The summed E-state index contributed by atoms with van der Waals surface area (Å²) < 4.78 is 0. The Hall–Kier alpha value is -3.22. The Balaban J connectivity index is 1.78. The lowest BCUT2D eigenvalue weighted by molar-refractivity contribution is 0.837. The number of nitrogens with zero attached hydrogens (tertiary/aromatic N) is 4. The first-order valence-corrected chi connectivity index (χ1v) is 9.06. The van der Waals surface area contributed by atoms with Crippen molar-refractivity contribution in [3.8, 4) is 0 Å². The zero-order valence-electron chi connectivity index (χ0n) is 15.8. The van der Waals surface area contributed by atoms with E-state index in [1.807, 2.05) is 31.2 Å². The maximum atomic E-state index is 5.75. The van der Waals surface area contributed by atoms with E-state index in [0.29, 0.717) is 12.5 Å². The van der Waals surface area contributed by atoms with Gasteiger partial charge in [-0.1, -0.05) is 13.8 Å². The van der Waals surface area contributed by atoms with E-state index in [4.69, 9.17) is 5.73 Å². The Kier molecular flexibility index (Phi) is 5.80. The van der Waals surface area contributed by atoms with Crippen molar-refractivity contribution in [2.24, 2.45) is 10.7 Å². The van der Waals surface area contributed by atoms with E-state index in [1.165, 1.54) is 0 Å². The lowest BCUT2D eigenvalue weighted by atomic mass is 10.1. The van der Waals surface area contributed by atoms with Crippen molar-refractivity contribution in [1.29, 1.82) is 0 Å². The van der Waals surface area contributed by atoms with Gasteiger partial charge in [0, 0.05) is 36.3 Å². The van der Waals surface area contributed by atoms with Crippen molar-refractivity contribution >= 4 is 29.4 Å². The number of aromatic nitrogens is 3. The highest BCUT2D eigenvalue weighted by Crippen LogP contribution is 2.25. The highest BCUT2D eigenvalue weighted by molar-refractivity contribution is 6.09. The topological polar surface area (TPSA) is 101 Å². The average Bonchev–Trinajstić information content (AvgIpc) is 2.68. The molecule has 1 unspecified atom stereocenters. The first-order valence-electron chi connectivity index (χ1n) is 9.06. The van der Waals surface area contributed by atoms with Crippen LogP contribution in [-0.4, -0.2) is 34.1 Å². The maximum Gasteiger partial charge on any atom is 0.150 e. The standard InChI is InChI=1S/C20H25N7/c1-4-22-10-16(9-21)15-7-18-17(23-11-15)5-6-19(25-18)26-20-8-14(13(2)3)12-24-27-20/h5-13,19,25H,4,21H2,1-3H3,(H,26,27). The molecule has 0 fully saturated rings. The largest absolute Gasteiger partial charge is 0.404 e. The lowest BCUT2D eigenvalue weighted by Gasteiger charge is -2.23. The highest BCUT2D eigenvalue weighted by atomic mass is 15.2. The minimum absolute atomic E-state index is 0.110. The normalized spacial score (nSPS) is 16.4. The zero-order chi connectivity index (χ0) is 19.2. The van der Waals surface area contributed by atoms with Gasteiger partial charge in [0.25, 0.3) is 0 Å². The minimum atomic E-state index is -0.110. The average molecular weight is 363 g/mol. The summed E-state index contributed by atoms with van der Waals surface area (Å²) in [6.07, 6.45) is 10.8. The summed E-state index contributed by atoms with van der Waals surface area (Å²) in [5.41, 5.74) is 10.4. The first kappa shape index (κ1) is 18.6. The molecule has 1 aliphatic heterocycles. The fourth-order valence-corrected chi connectivity index (χ4v) is 2.70. The third-order valence-corrected chi connectivity index (χ3v) is 4.25. The summed E-state index contributed by atoms with van der Waals surface area (Å²) in [6, 6.07) is 4.05. The summed E-state index contributed by atoms with van der Waals surface area (Å²) >= 11 is 0. The molecule has 0 saturated heterocycles. The van der Waals surface area contributed by atoms with E-state index in [9.17, 15) is 0 Å². The van der Waals surface area contributed by atoms with Crippen LogP contribution in [0.4, 0.5) is 11.5 Å². The van der Waals surface area contributed by atoms with Gasteiger partial charge in [0.2, 0.25) is 0 Å². The summed E-state index contributed by atoms with van der Waals surface area (Å²) in [6.45, 7) is 6.95. The molecule has 2 aromatic rings. The smallest absolute Gasteiger partial charge is 0.150 e. The number of aliphatic imine (C=N–C) groups is 1. The number of fused-ring (bicyclic) bond motifs is 1. The van der Waals surface area contributed by atoms with Gasteiger partial charge in [-0.15, -0.1) is 5.10 Å². The summed E-state index contributed by atoms with van der Waals surface area (Å²) in [5, 5.41) is 15.0. The zero-order valence-corrected chi connectivity index (χ0v) is 15.8. The van der Waals surface area contributed by atoms with Crippen LogP contribution in [0.25, 0.3) is 11.6 Å². The number of rotatable bonds is 6. The third kappa shape index (κ3) is 4.49. The van der Waals surface area contributed by atoms with Gasteiger partial charge >= 0.3 is 0 Å². The van der Waals surface area contributed by atoms with Crippen LogP contribution in [0.3, 0.4) is 0 Å². The molecule has 140 valence electrons. The number of hydrogen-bond donors (Lipinski definition) is 3. The molecule has 0 bridgehead atoms. The molecular weight excluding hydrogens is 338 g/mol. The fourth-order valence-electron chi connectivity index (χ4n) is 2.70. The Morgan fingerprint density at radius 3 is 2.96 bits per heavy atom. The van der Waals surface area contributed by atoms with Crippen LogP contribution in [0.1, 0.15) is 43.5 Å². The molecule has 7 heteroatoms. The molecule has 1 aliphatic rings. The van der Waals surface area contributed by atoms with Crippen molar-refractivity contribution in [1.82, 2.24) is 15.2 Å². The Bertz CT molecular complexity index is 884. The SMILES string of the molecule is CCN=CC(=CN)c1cnc2c(c1)NC(Nc1cc(C(C)C)cnn1)C=C2.